The molecule has 0 bridgehead atoms. The van der Waals surface area contributed by atoms with Gasteiger partial charge in [0.1, 0.15) is 23.2 Å². The predicted octanol–water partition coefficient (Wildman–Crippen LogP) is 13.9. The van der Waals surface area contributed by atoms with Crippen LogP contribution in [0.4, 0.5) is 48.5 Å². The Hall–Kier alpha value is -6.87. The molecule has 546 valence electrons. The Morgan fingerprint density at radius 2 is 0.780 bits per heavy atom. The summed E-state index contributed by atoms with van der Waals surface area (Å²) in [5, 5.41) is 50.8. The maximum absolute atomic E-state index is 14.0. The number of ether oxygens (including phenoxy) is 1. The summed E-state index contributed by atoms with van der Waals surface area (Å²) in [7, 11) is 1.72. The fraction of sp³-hybridized carbons (Fsp3) is 0.635. The average molecular weight is 1410 g/mol. The second kappa shape index (κ2) is 38.4. The molecule has 3 saturated heterocycles. The molecule has 0 aromatic carbocycles. The molecule has 6 aliphatic rings. The van der Waals surface area contributed by atoms with Gasteiger partial charge in [0.05, 0.1) is 64.8 Å². The predicted molar refractivity (Wildman–Crippen MR) is 392 cm³/mol. The molecule has 0 unspecified atom stereocenters. The number of pyridine rings is 3. The van der Waals surface area contributed by atoms with Gasteiger partial charge in [0.15, 0.2) is 0 Å². The zero-order valence-electron chi connectivity index (χ0n) is 59.2. The van der Waals surface area contributed by atoms with E-state index in [4.69, 9.17) is 36.3 Å². The van der Waals surface area contributed by atoms with E-state index < -0.39 is 11.7 Å². The lowest BCUT2D eigenvalue weighted by molar-refractivity contribution is -0.138. The van der Waals surface area contributed by atoms with Gasteiger partial charge in [-0.3, -0.25) is 29.7 Å². The van der Waals surface area contributed by atoms with Crippen molar-refractivity contribution in [3.63, 3.8) is 0 Å². The first kappa shape index (κ1) is 75.8. The number of nitrogens with zero attached hydrogens (tertiary/aromatic N) is 12. The van der Waals surface area contributed by atoms with Crippen LogP contribution in [0.2, 0.25) is 5.02 Å². The quantitative estimate of drug-likeness (QED) is 0.0207. The first-order valence-electron chi connectivity index (χ1n) is 37.2. The number of likely N-dealkylation sites (tertiary alicyclic amines) is 3. The third kappa shape index (κ3) is 22.6. The first-order valence-corrected chi connectivity index (χ1v) is 37.6. The van der Waals surface area contributed by atoms with E-state index in [1.165, 1.54) is 31.9 Å². The number of aliphatic hydroxyl groups is 3. The number of rotatable bonds is 28. The van der Waals surface area contributed by atoms with Crippen molar-refractivity contribution in [1.29, 1.82) is 0 Å². The van der Waals surface area contributed by atoms with E-state index in [9.17, 15) is 28.5 Å². The molecule has 3 aliphatic carbocycles. The number of halogens is 4. The summed E-state index contributed by atoms with van der Waals surface area (Å²) in [5.41, 5.74) is 5.64. The van der Waals surface area contributed by atoms with E-state index in [1.54, 1.807) is 13.3 Å². The van der Waals surface area contributed by atoms with E-state index in [0.717, 1.165) is 243 Å². The van der Waals surface area contributed by atoms with Crippen LogP contribution in [0.1, 0.15) is 197 Å². The van der Waals surface area contributed by atoms with Gasteiger partial charge >= 0.3 is 6.18 Å². The minimum atomic E-state index is -4.48. The van der Waals surface area contributed by atoms with Crippen LogP contribution in [-0.2, 0) is 25.8 Å². The standard InChI is InChI=1S/C25H35F3N6O.C25H38N6O2.C24H35ClN6O/c1-2-3-10-29-24-31-15-20(23(33-24)32-18-6-8-19(35)9-7-18)22-13-21(25(26,27)28)17(14-30-22)16-34-11-4-5-12-34;1-3-4-11-26-25-28-16-21(24(30-25)29-19-7-9-20(32)10-8-19)22-14-23(33-2)18(15-27-22)17-31-12-5-6-13-31;1-2-3-10-26-24-28-15-20(23(30-24)29-18-6-8-19(32)9-7-18)22-13-21(25)17(14-27-22)16-31-11-4-5-12-31/h13-15,18-19,35H,2-12,16H2,1H3,(H2,29,31,32,33);14-16,19-20,32H,3-13,17H2,1-2H3,(H2,26,28,29,30);13-15,18-19,32H,2-12,16H2,1H3,(H2,26,28,29,30). The highest BCUT2D eigenvalue weighted by atomic mass is 35.5. The largest absolute Gasteiger partial charge is 0.496 e. The third-order valence-corrected chi connectivity index (χ3v) is 20.3. The van der Waals surface area contributed by atoms with Gasteiger partial charge in [-0.1, -0.05) is 51.6 Å². The number of alkyl halides is 3. The van der Waals surface area contributed by atoms with E-state index in [1.807, 2.05) is 41.8 Å². The molecule has 100 heavy (non-hydrogen) atoms. The summed E-state index contributed by atoms with van der Waals surface area (Å²) in [4.78, 5) is 48.5. The van der Waals surface area contributed by atoms with E-state index in [2.05, 4.69) is 87.4 Å². The van der Waals surface area contributed by atoms with Crippen LogP contribution in [0, 0.1) is 0 Å². The lowest BCUT2D eigenvalue weighted by Crippen LogP contribution is -2.29. The number of nitrogens with one attached hydrogen (secondary N) is 6. The number of methoxy groups -OCH3 is 1. The SMILES string of the molecule is CCCCNc1ncc(-c2cc(C(F)(F)F)c(CN3CCCC3)cn2)c(NC2CCC(O)CC2)n1.CCCCNc1ncc(-c2cc(Cl)c(CN3CCCC3)cn2)c(NC2CCC(O)CC2)n1.CCCCNc1ncc(-c2cc(OC)c(CN3CCCC3)cn2)c(NC2CCC(O)CC2)n1. The van der Waals surface area contributed by atoms with Gasteiger partial charge in [-0.15, -0.1) is 0 Å². The molecule has 0 spiro atoms. The van der Waals surface area contributed by atoms with Crippen molar-refractivity contribution in [2.24, 2.45) is 0 Å². The molecular weight excluding hydrogens is 1300 g/mol. The maximum Gasteiger partial charge on any atom is 0.416 e. The first-order chi connectivity index (χ1) is 48.6. The highest BCUT2D eigenvalue weighted by molar-refractivity contribution is 6.31. The van der Waals surface area contributed by atoms with Crippen molar-refractivity contribution >= 4 is 46.9 Å². The normalized spacial score (nSPS) is 21.4. The molecular formula is C74H108ClF3N18O4. The molecule has 6 aromatic rings. The van der Waals surface area contributed by atoms with E-state index in [-0.39, 0.29) is 54.2 Å². The summed E-state index contributed by atoms with van der Waals surface area (Å²) in [6, 6.07) is 5.70. The van der Waals surface area contributed by atoms with Gasteiger partial charge in [0.2, 0.25) is 17.8 Å². The minimum Gasteiger partial charge on any atom is -0.496 e. The summed E-state index contributed by atoms with van der Waals surface area (Å²) in [6.45, 7) is 16.9. The van der Waals surface area contributed by atoms with Gasteiger partial charge in [-0.05, 0) is 192 Å². The van der Waals surface area contributed by atoms with Crippen LogP contribution in [0.25, 0.3) is 33.8 Å². The maximum atomic E-state index is 14.0. The van der Waals surface area contributed by atoms with Gasteiger partial charge in [-0.2, -0.15) is 28.1 Å². The van der Waals surface area contributed by atoms with Crippen LogP contribution in [0.5, 0.6) is 5.75 Å². The average Bonchev–Trinajstić information content (AvgIpc) is 0.902. The lowest BCUT2D eigenvalue weighted by atomic mass is 9.93. The minimum absolute atomic E-state index is 0.0760. The fourth-order valence-corrected chi connectivity index (χ4v) is 14.1. The molecule has 0 radical (unpaired) electrons. The van der Waals surface area contributed by atoms with E-state index >= 15 is 0 Å². The van der Waals surface area contributed by atoms with Crippen LogP contribution >= 0.6 is 11.6 Å². The highest BCUT2D eigenvalue weighted by Gasteiger charge is 2.36. The Morgan fingerprint density at radius 1 is 0.450 bits per heavy atom. The van der Waals surface area contributed by atoms with Crippen molar-refractivity contribution in [3.8, 4) is 39.5 Å². The summed E-state index contributed by atoms with van der Waals surface area (Å²) < 4.78 is 47.9. The second-order valence-electron chi connectivity index (χ2n) is 27.9. The Labute approximate surface area is 594 Å². The molecule has 3 saturated carbocycles. The second-order valence-corrected chi connectivity index (χ2v) is 28.3. The van der Waals surface area contributed by atoms with Crippen molar-refractivity contribution in [2.45, 2.75) is 237 Å². The molecule has 9 N–H and O–H groups in total. The van der Waals surface area contributed by atoms with Crippen molar-refractivity contribution in [3.05, 3.63) is 82.7 Å². The third-order valence-electron chi connectivity index (χ3n) is 19.9. The summed E-state index contributed by atoms with van der Waals surface area (Å²) in [5.74, 6) is 4.56. The van der Waals surface area contributed by atoms with Crippen molar-refractivity contribution in [2.75, 3.05) is 97.9 Å². The van der Waals surface area contributed by atoms with Crippen molar-refractivity contribution < 1.29 is 33.2 Å². The molecule has 6 aromatic heterocycles. The molecule has 0 atom stereocenters. The summed E-state index contributed by atoms with van der Waals surface area (Å²) >= 11 is 6.67. The molecule has 9 heterocycles. The van der Waals surface area contributed by atoms with Crippen LogP contribution < -0.4 is 36.6 Å². The lowest BCUT2D eigenvalue weighted by Gasteiger charge is -2.27. The van der Waals surface area contributed by atoms with Gasteiger partial charge < -0.3 is 52.0 Å². The van der Waals surface area contributed by atoms with E-state index in [0.29, 0.717) is 48.6 Å². The summed E-state index contributed by atoms with van der Waals surface area (Å²) in [6.07, 6.45) is 28.5. The molecule has 22 nitrogen and oxygen atoms in total. The zero-order valence-corrected chi connectivity index (χ0v) is 60.0. The van der Waals surface area contributed by atoms with Crippen LogP contribution in [0.15, 0.2) is 55.4 Å². The topological polar surface area (TPSA) is 268 Å². The zero-order chi connectivity index (χ0) is 70.2. The van der Waals surface area contributed by atoms with Crippen LogP contribution in [0.3, 0.4) is 0 Å². The number of aromatic nitrogens is 9. The highest BCUT2D eigenvalue weighted by Crippen LogP contribution is 2.39. The molecule has 26 heteroatoms. The number of hydrogen-bond acceptors (Lipinski definition) is 22. The number of aliphatic hydroxyl groups excluding tert-OH is 3. The van der Waals surface area contributed by atoms with Gasteiger partial charge in [0, 0.05) is 117 Å². The molecule has 6 fully saturated rings. The Bertz CT molecular complexity index is 3470. The molecule has 3 aliphatic heterocycles. The van der Waals surface area contributed by atoms with Crippen LogP contribution in [-0.4, -0.2) is 177 Å². The smallest absolute Gasteiger partial charge is 0.416 e. The van der Waals surface area contributed by atoms with Gasteiger partial charge in [0.25, 0.3) is 0 Å². The fourth-order valence-electron chi connectivity index (χ4n) is 13.9. The Kier molecular flexibility index (Phi) is 29.1. The molecule has 12 rings (SSSR count). The Morgan fingerprint density at radius 3 is 1.13 bits per heavy atom. The number of hydrogen-bond donors (Lipinski definition) is 9. The number of anilines is 6. The monoisotopic (exact) mass is 1400 g/mol. The number of unbranched alkanes of at least 4 members (excludes halogenated alkanes) is 3. The Balaban J connectivity index is 0.000000162. The molecule has 0 amide bonds. The van der Waals surface area contributed by atoms with Gasteiger partial charge in [-0.25, -0.2) is 15.0 Å². The van der Waals surface area contributed by atoms with Crippen molar-refractivity contribution in [1.82, 2.24) is 59.6 Å².